The highest BCUT2D eigenvalue weighted by Gasteiger charge is 2.26. The minimum absolute atomic E-state index is 0.160. The minimum Gasteiger partial charge on any atom is -0.312 e. The molecule has 3 heteroatoms. The van der Waals surface area contributed by atoms with E-state index in [0.717, 1.165) is 37.1 Å². The van der Waals surface area contributed by atoms with Gasteiger partial charge in [-0.1, -0.05) is 6.07 Å². The molecule has 16 heavy (non-hydrogen) atoms. The molecule has 1 fully saturated rings. The van der Waals surface area contributed by atoms with Crippen molar-refractivity contribution in [1.29, 1.82) is 0 Å². The predicted molar refractivity (Wildman–Crippen MR) is 65.2 cm³/mol. The van der Waals surface area contributed by atoms with Gasteiger partial charge in [-0.05, 0) is 55.5 Å². The number of alkyl halides is 1. The quantitative estimate of drug-likeness (QED) is 0.798. The molecule has 0 heterocycles. The molecule has 1 aromatic carbocycles. The average molecular weight is 242 g/mol. The summed E-state index contributed by atoms with van der Waals surface area (Å²) in [6.07, 6.45) is 2.22. The van der Waals surface area contributed by atoms with Gasteiger partial charge in [0.2, 0.25) is 0 Å². The Morgan fingerprint density at radius 3 is 2.88 bits per heavy atom. The molecule has 1 aliphatic carbocycles. The fourth-order valence-electron chi connectivity index (χ4n) is 2.06. The molecule has 0 aromatic heterocycles. The lowest BCUT2D eigenvalue weighted by atomic mass is 9.85. The van der Waals surface area contributed by atoms with Crippen molar-refractivity contribution in [3.8, 4) is 0 Å². The van der Waals surface area contributed by atoms with Gasteiger partial charge in [0.05, 0.1) is 0 Å². The van der Waals surface area contributed by atoms with E-state index in [1.807, 2.05) is 13.0 Å². The van der Waals surface area contributed by atoms with E-state index in [2.05, 4.69) is 5.32 Å². The van der Waals surface area contributed by atoms with E-state index in [9.17, 15) is 4.39 Å². The van der Waals surface area contributed by atoms with Crippen molar-refractivity contribution >= 4 is 11.6 Å². The van der Waals surface area contributed by atoms with Gasteiger partial charge < -0.3 is 5.32 Å². The van der Waals surface area contributed by atoms with Crippen LogP contribution in [0, 0.1) is 18.7 Å². The minimum atomic E-state index is -0.160. The summed E-state index contributed by atoms with van der Waals surface area (Å²) in [5, 5.41) is 3.74. The van der Waals surface area contributed by atoms with Crippen LogP contribution in [0.5, 0.6) is 0 Å². The van der Waals surface area contributed by atoms with Crippen LogP contribution in [0.2, 0.25) is 0 Å². The van der Waals surface area contributed by atoms with Crippen LogP contribution in [0.4, 0.5) is 4.39 Å². The maximum absolute atomic E-state index is 13.0. The maximum atomic E-state index is 13.0. The summed E-state index contributed by atoms with van der Waals surface area (Å²) < 4.78 is 13.0. The van der Waals surface area contributed by atoms with Gasteiger partial charge in [-0.25, -0.2) is 4.39 Å². The summed E-state index contributed by atoms with van der Waals surface area (Å²) in [7, 11) is 0. The Bertz CT molecular complexity index is 361. The molecule has 0 radical (unpaired) electrons. The SMILES string of the molecule is Cc1ccc(F)cc1CNCC1CC(Cl)C1. The smallest absolute Gasteiger partial charge is 0.123 e. The molecule has 2 rings (SSSR count). The van der Waals surface area contributed by atoms with E-state index < -0.39 is 0 Å². The van der Waals surface area contributed by atoms with E-state index in [1.165, 1.54) is 6.07 Å². The normalized spacial score (nSPS) is 24.2. The summed E-state index contributed by atoms with van der Waals surface area (Å²) in [5.41, 5.74) is 2.18. The number of hydrogen-bond donors (Lipinski definition) is 1. The van der Waals surface area contributed by atoms with Crippen LogP contribution >= 0.6 is 11.6 Å². The number of benzene rings is 1. The first-order chi connectivity index (χ1) is 7.65. The zero-order chi connectivity index (χ0) is 11.5. The molecule has 1 saturated carbocycles. The first kappa shape index (κ1) is 11.9. The second kappa shape index (κ2) is 5.15. The summed E-state index contributed by atoms with van der Waals surface area (Å²) in [6, 6.07) is 4.93. The Morgan fingerprint density at radius 1 is 1.44 bits per heavy atom. The molecule has 0 spiro atoms. The van der Waals surface area contributed by atoms with Gasteiger partial charge in [-0.15, -0.1) is 11.6 Å². The van der Waals surface area contributed by atoms with Gasteiger partial charge >= 0.3 is 0 Å². The molecule has 1 N–H and O–H groups in total. The van der Waals surface area contributed by atoms with Crippen molar-refractivity contribution in [2.24, 2.45) is 5.92 Å². The van der Waals surface area contributed by atoms with Crippen molar-refractivity contribution in [3.63, 3.8) is 0 Å². The lowest BCUT2D eigenvalue weighted by Crippen LogP contribution is -2.33. The second-order valence-electron chi connectivity index (χ2n) is 4.64. The topological polar surface area (TPSA) is 12.0 Å². The van der Waals surface area contributed by atoms with Crippen LogP contribution in [0.15, 0.2) is 18.2 Å². The first-order valence-corrected chi connectivity index (χ1v) is 6.18. The lowest BCUT2D eigenvalue weighted by molar-refractivity contribution is 0.308. The number of rotatable bonds is 4. The number of aryl methyl sites for hydroxylation is 1. The standard InChI is InChI=1S/C13H17ClFN/c1-9-2-3-13(15)6-11(9)8-16-7-10-4-12(14)5-10/h2-3,6,10,12,16H,4-5,7-8H2,1H3. The fourth-order valence-corrected chi connectivity index (χ4v) is 2.57. The van der Waals surface area contributed by atoms with Gasteiger partial charge in [-0.3, -0.25) is 0 Å². The molecule has 88 valence electrons. The third-order valence-electron chi connectivity index (χ3n) is 3.24. The molecule has 1 aromatic rings. The molecule has 0 aliphatic heterocycles. The van der Waals surface area contributed by atoms with Crippen molar-refractivity contribution in [2.45, 2.75) is 31.7 Å². The first-order valence-electron chi connectivity index (χ1n) is 5.75. The Labute approximate surface area is 101 Å². The van der Waals surface area contributed by atoms with Crippen molar-refractivity contribution in [2.75, 3.05) is 6.54 Å². The molecule has 0 bridgehead atoms. The third kappa shape index (κ3) is 2.96. The molecular weight excluding hydrogens is 225 g/mol. The van der Waals surface area contributed by atoms with Crippen LogP contribution in [0.3, 0.4) is 0 Å². The summed E-state index contributed by atoms with van der Waals surface area (Å²) in [4.78, 5) is 0. The molecule has 0 amide bonds. The lowest BCUT2D eigenvalue weighted by Gasteiger charge is -2.31. The molecule has 1 aliphatic rings. The van der Waals surface area contributed by atoms with Gasteiger partial charge in [-0.2, -0.15) is 0 Å². The number of nitrogens with one attached hydrogen (secondary N) is 1. The van der Waals surface area contributed by atoms with Crippen LogP contribution in [-0.2, 0) is 6.54 Å². The van der Waals surface area contributed by atoms with E-state index in [-0.39, 0.29) is 5.82 Å². The highest BCUT2D eigenvalue weighted by molar-refractivity contribution is 6.21. The number of hydrogen-bond acceptors (Lipinski definition) is 1. The Kier molecular flexibility index (Phi) is 3.82. The monoisotopic (exact) mass is 241 g/mol. The highest BCUT2D eigenvalue weighted by atomic mass is 35.5. The second-order valence-corrected chi connectivity index (χ2v) is 5.25. The molecule has 1 nitrogen and oxygen atoms in total. The Hall–Kier alpha value is -0.600. The van der Waals surface area contributed by atoms with Gasteiger partial charge in [0.1, 0.15) is 5.82 Å². The predicted octanol–water partition coefficient (Wildman–Crippen LogP) is 3.24. The van der Waals surface area contributed by atoms with Gasteiger partial charge in [0.15, 0.2) is 0 Å². The highest BCUT2D eigenvalue weighted by Crippen LogP contribution is 2.31. The zero-order valence-corrected chi connectivity index (χ0v) is 10.2. The third-order valence-corrected chi connectivity index (χ3v) is 3.59. The van der Waals surface area contributed by atoms with Crippen molar-refractivity contribution in [3.05, 3.63) is 35.1 Å². The Morgan fingerprint density at radius 2 is 2.19 bits per heavy atom. The average Bonchev–Trinajstić information content (AvgIpc) is 2.20. The number of halogens is 2. The molecule has 0 unspecified atom stereocenters. The zero-order valence-electron chi connectivity index (χ0n) is 9.47. The van der Waals surface area contributed by atoms with Crippen LogP contribution < -0.4 is 5.32 Å². The van der Waals surface area contributed by atoms with Gasteiger partial charge in [0.25, 0.3) is 0 Å². The largest absolute Gasteiger partial charge is 0.312 e. The fraction of sp³-hybridized carbons (Fsp3) is 0.538. The van der Waals surface area contributed by atoms with Gasteiger partial charge in [0, 0.05) is 11.9 Å². The maximum Gasteiger partial charge on any atom is 0.123 e. The molecular formula is C13H17ClFN. The van der Waals surface area contributed by atoms with E-state index in [0.29, 0.717) is 11.3 Å². The molecule has 0 saturated heterocycles. The summed E-state index contributed by atoms with van der Waals surface area (Å²) >= 11 is 5.91. The van der Waals surface area contributed by atoms with Crippen LogP contribution in [-0.4, -0.2) is 11.9 Å². The van der Waals surface area contributed by atoms with E-state index in [4.69, 9.17) is 11.6 Å². The van der Waals surface area contributed by atoms with Crippen LogP contribution in [0.1, 0.15) is 24.0 Å². The van der Waals surface area contributed by atoms with E-state index >= 15 is 0 Å². The Balaban J connectivity index is 1.78. The van der Waals surface area contributed by atoms with Crippen molar-refractivity contribution < 1.29 is 4.39 Å². The van der Waals surface area contributed by atoms with Crippen molar-refractivity contribution in [1.82, 2.24) is 5.32 Å². The van der Waals surface area contributed by atoms with E-state index in [1.54, 1.807) is 6.07 Å². The molecule has 0 atom stereocenters. The summed E-state index contributed by atoms with van der Waals surface area (Å²) in [5.74, 6) is 0.545. The summed E-state index contributed by atoms with van der Waals surface area (Å²) in [6.45, 7) is 3.74. The van der Waals surface area contributed by atoms with Crippen LogP contribution in [0.25, 0.3) is 0 Å².